The van der Waals surface area contributed by atoms with Crippen molar-refractivity contribution in [1.29, 1.82) is 0 Å². The van der Waals surface area contributed by atoms with Gasteiger partial charge in [-0.15, -0.1) is 0 Å². The normalized spacial score (nSPS) is 10.3. The topological polar surface area (TPSA) is 76.1 Å². The molecule has 1 amide bonds. The molecule has 6 nitrogen and oxygen atoms in total. The Kier molecular flexibility index (Phi) is 5.55. The van der Waals surface area contributed by atoms with Crippen LogP contribution in [0.5, 0.6) is 5.75 Å². The maximum Gasteiger partial charge on any atom is 0.274 e. The van der Waals surface area contributed by atoms with Gasteiger partial charge in [0.15, 0.2) is 0 Å². The van der Waals surface area contributed by atoms with E-state index >= 15 is 0 Å². The highest BCUT2D eigenvalue weighted by molar-refractivity contribution is 6.42. The molecule has 3 aromatic rings. The van der Waals surface area contributed by atoms with Crippen LogP contribution in [-0.2, 0) is 0 Å². The van der Waals surface area contributed by atoms with Gasteiger partial charge >= 0.3 is 0 Å². The van der Waals surface area contributed by atoms with Crippen molar-refractivity contribution in [3.8, 4) is 5.75 Å². The van der Waals surface area contributed by atoms with E-state index in [1.807, 2.05) is 0 Å². The first kappa shape index (κ1) is 18.0. The van der Waals surface area contributed by atoms with Crippen LogP contribution in [0.25, 0.3) is 0 Å². The van der Waals surface area contributed by atoms with Gasteiger partial charge in [0.1, 0.15) is 11.4 Å². The standard InChI is InChI=1S/C18H14Cl2N4O2/c1-26-13-4-2-3-11(9-13)22-17(25)16-7-8-21-18(24-16)23-12-5-6-14(19)15(20)10-12/h2-10H,1H3,(H,22,25)(H,21,23,24). The smallest absolute Gasteiger partial charge is 0.274 e. The SMILES string of the molecule is COc1cccc(NC(=O)c2ccnc(Nc3ccc(Cl)c(Cl)c3)n2)c1. The molecule has 0 radical (unpaired) electrons. The lowest BCUT2D eigenvalue weighted by atomic mass is 10.3. The second-order valence-corrected chi connectivity index (χ2v) is 6.02. The third-order valence-electron chi connectivity index (χ3n) is 3.39. The minimum atomic E-state index is -0.363. The Bertz CT molecular complexity index is 950. The first-order valence-corrected chi connectivity index (χ1v) is 8.31. The van der Waals surface area contributed by atoms with Crippen molar-refractivity contribution in [2.24, 2.45) is 0 Å². The monoisotopic (exact) mass is 388 g/mol. The third kappa shape index (κ3) is 4.41. The van der Waals surface area contributed by atoms with Gasteiger partial charge in [0.05, 0.1) is 17.2 Å². The zero-order valence-electron chi connectivity index (χ0n) is 13.7. The summed E-state index contributed by atoms with van der Waals surface area (Å²) in [5, 5.41) is 6.60. The predicted molar refractivity (Wildman–Crippen MR) is 103 cm³/mol. The van der Waals surface area contributed by atoms with Crippen LogP contribution in [0, 0.1) is 0 Å². The molecular formula is C18H14Cl2N4O2. The van der Waals surface area contributed by atoms with Crippen molar-refractivity contribution >= 4 is 46.4 Å². The molecule has 0 bridgehead atoms. The third-order valence-corrected chi connectivity index (χ3v) is 4.13. The van der Waals surface area contributed by atoms with Crippen LogP contribution in [0.3, 0.4) is 0 Å². The van der Waals surface area contributed by atoms with Gasteiger partial charge in [0.2, 0.25) is 5.95 Å². The number of carbonyl (C=O) groups excluding carboxylic acids is 1. The second kappa shape index (κ2) is 8.03. The predicted octanol–water partition coefficient (Wildman–Crippen LogP) is 4.79. The summed E-state index contributed by atoms with van der Waals surface area (Å²) in [6, 6.07) is 13.6. The van der Waals surface area contributed by atoms with Gasteiger partial charge in [-0.05, 0) is 36.4 Å². The molecular weight excluding hydrogens is 375 g/mol. The molecule has 1 heterocycles. The van der Waals surface area contributed by atoms with E-state index in [9.17, 15) is 4.79 Å². The number of aromatic nitrogens is 2. The first-order chi connectivity index (χ1) is 12.5. The van der Waals surface area contributed by atoms with E-state index in [-0.39, 0.29) is 17.5 Å². The van der Waals surface area contributed by atoms with Crippen LogP contribution < -0.4 is 15.4 Å². The van der Waals surface area contributed by atoms with Gasteiger partial charge in [-0.25, -0.2) is 9.97 Å². The maximum atomic E-state index is 12.4. The molecule has 2 N–H and O–H groups in total. The molecule has 0 aliphatic carbocycles. The van der Waals surface area contributed by atoms with Crippen LogP contribution >= 0.6 is 23.2 Å². The van der Waals surface area contributed by atoms with Crippen molar-refractivity contribution < 1.29 is 9.53 Å². The molecule has 0 unspecified atom stereocenters. The Balaban J connectivity index is 1.75. The average molecular weight is 389 g/mol. The fourth-order valence-electron chi connectivity index (χ4n) is 2.14. The van der Waals surface area contributed by atoms with Gasteiger partial charge in [-0.1, -0.05) is 29.3 Å². The Morgan fingerprint density at radius 2 is 1.88 bits per heavy atom. The number of anilines is 3. The number of rotatable bonds is 5. The molecule has 0 aliphatic rings. The highest BCUT2D eigenvalue weighted by atomic mass is 35.5. The molecule has 0 fully saturated rings. The summed E-state index contributed by atoms with van der Waals surface area (Å²) in [4.78, 5) is 20.7. The molecule has 26 heavy (non-hydrogen) atoms. The molecule has 0 atom stereocenters. The minimum absolute atomic E-state index is 0.213. The zero-order valence-corrected chi connectivity index (χ0v) is 15.2. The maximum absolute atomic E-state index is 12.4. The summed E-state index contributed by atoms with van der Waals surface area (Å²) in [6.45, 7) is 0. The second-order valence-electron chi connectivity index (χ2n) is 5.21. The van der Waals surface area contributed by atoms with E-state index < -0.39 is 0 Å². The first-order valence-electron chi connectivity index (χ1n) is 7.55. The molecule has 0 spiro atoms. The summed E-state index contributed by atoms with van der Waals surface area (Å²) >= 11 is 11.9. The minimum Gasteiger partial charge on any atom is -0.497 e. The van der Waals surface area contributed by atoms with Gasteiger partial charge in [-0.3, -0.25) is 4.79 Å². The van der Waals surface area contributed by atoms with Crippen LogP contribution in [0.4, 0.5) is 17.3 Å². The van der Waals surface area contributed by atoms with Crippen LogP contribution in [0.2, 0.25) is 10.0 Å². The quantitative estimate of drug-likeness (QED) is 0.656. The largest absolute Gasteiger partial charge is 0.497 e. The molecule has 132 valence electrons. The van der Waals surface area contributed by atoms with E-state index in [2.05, 4.69) is 20.6 Å². The number of carbonyl (C=O) groups is 1. The van der Waals surface area contributed by atoms with Crippen LogP contribution in [-0.4, -0.2) is 23.0 Å². The van der Waals surface area contributed by atoms with Crippen molar-refractivity contribution in [2.75, 3.05) is 17.7 Å². The highest BCUT2D eigenvalue weighted by Crippen LogP contribution is 2.26. The molecule has 0 aliphatic heterocycles. The van der Waals surface area contributed by atoms with E-state index in [1.54, 1.807) is 49.6 Å². The molecule has 1 aromatic heterocycles. The number of nitrogens with one attached hydrogen (secondary N) is 2. The van der Waals surface area contributed by atoms with Crippen molar-refractivity contribution in [3.63, 3.8) is 0 Å². The number of hydrogen-bond donors (Lipinski definition) is 2. The molecule has 0 saturated heterocycles. The van der Waals surface area contributed by atoms with E-state index in [1.165, 1.54) is 12.3 Å². The Morgan fingerprint density at radius 1 is 1.04 bits per heavy atom. The molecule has 0 saturated carbocycles. The highest BCUT2D eigenvalue weighted by Gasteiger charge is 2.10. The fraction of sp³-hybridized carbons (Fsp3) is 0.0556. The van der Waals surface area contributed by atoms with E-state index in [0.717, 1.165) is 0 Å². The van der Waals surface area contributed by atoms with E-state index in [0.29, 0.717) is 27.2 Å². The Morgan fingerprint density at radius 3 is 2.65 bits per heavy atom. The fourth-order valence-corrected chi connectivity index (χ4v) is 2.44. The lowest BCUT2D eigenvalue weighted by molar-refractivity contribution is 0.102. The van der Waals surface area contributed by atoms with Crippen molar-refractivity contribution in [2.45, 2.75) is 0 Å². The number of halogens is 2. The van der Waals surface area contributed by atoms with Gasteiger partial charge in [0.25, 0.3) is 5.91 Å². The summed E-state index contributed by atoms with van der Waals surface area (Å²) in [5.74, 6) is 0.548. The van der Waals surface area contributed by atoms with Gasteiger partial charge < -0.3 is 15.4 Å². The number of amides is 1. The van der Waals surface area contributed by atoms with Gasteiger partial charge in [0, 0.05) is 23.6 Å². The summed E-state index contributed by atoms with van der Waals surface area (Å²) < 4.78 is 5.14. The van der Waals surface area contributed by atoms with Crippen molar-refractivity contribution in [1.82, 2.24) is 9.97 Å². The molecule has 3 rings (SSSR count). The van der Waals surface area contributed by atoms with Crippen LogP contribution in [0.1, 0.15) is 10.5 Å². The van der Waals surface area contributed by atoms with Crippen molar-refractivity contribution in [3.05, 3.63) is 70.5 Å². The number of benzene rings is 2. The zero-order chi connectivity index (χ0) is 18.5. The number of methoxy groups -OCH3 is 1. The molecule has 8 heteroatoms. The lowest BCUT2D eigenvalue weighted by Gasteiger charge is -2.09. The number of ether oxygens (including phenoxy) is 1. The summed E-state index contributed by atoms with van der Waals surface area (Å²) in [6.07, 6.45) is 1.49. The Hall–Kier alpha value is -2.83. The molecule has 2 aromatic carbocycles. The number of nitrogens with zero attached hydrogens (tertiary/aromatic N) is 2. The summed E-state index contributed by atoms with van der Waals surface area (Å²) in [7, 11) is 1.56. The average Bonchev–Trinajstić information content (AvgIpc) is 2.65. The Labute approximate surface area is 160 Å². The van der Waals surface area contributed by atoms with E-state index in [4.69, 9.17) is 27.9 Å². The summed E-state index contributed by atoms with van der Waals surface area (Å²) in [5.41, 5.74) is 1.47. The van der Waals surface area contributed by atoms with Gasteiger partial charge in [-0.2, -0.15) is 0 Å². The lowest BCUT2D eigenvalue weighted by Crippen LogP contribution is -2.14. The van der Waals surface area contributed by atoms with Crippen LogP contribution in [0.15, 0.2) is 54.7 Å². The number of hydrogen-bond acceptors (Lipinski definition) is 5.